The molecule has 0 amide bonds. The lowest BCUT2D eigenvalue weighted by atomic mass is 10.0. The van der Waals surface area contributed by atoms with Crippen molar-refractivity contribution in [3.63, 3.8) is 0 Å². The molecule has 1 atom stereocenters. The van der Waals surface area contributed by atoms with E-state index < -0.39 is 0 Å². The van der Waals surface area contributed by atoms with E-state index in [0.717, 1.165) is 24.2 Å². The first kappa shape index (κ1) is 15.1. The molecule has 4 N–H and O–H groups in total. The van der Waals surface area contributed by atoms with Gasteiger partial charge in [-0.2, -0.15) is 0 Å². The quantitative estimate of drug-likeness (QED) is 0.330. The third-order valence-electron chi connectivity index (χ3n) is 3.48. The topological polar surface area (TPSA) is 70.6 Å². The Hall–Kier alpha value is -2.33. The molecular weight excluding hydrogens is 262 g/mol. The first-order chi connectivity index (χ1) is 10.2. The van der Waals surface area contributed by atoms with E-state index in [9.17, 15) is 0 Å². The van der Waals surface area contributed by atoms with E-state index in [1.807, 2.05) is 30.3 Å². The molecule has 0 bridgehead atoms. The lowest BCUT2D eigenvalue weighted by molar-refractivity contribution is 0.318. The summed E-state index contributed by atoms with van der Waals surface area (Å²) < 4.78 is 0. The second-order valence-corrected chi connectivity index (χ2v) is 5.13. The molecule has 2 aromatic rings. The Morgan fingerprint density at radius 2 is 1.95 bits per heavy atom. The minimum atomic E-state index is 0.134. The van der Waals surface area contributed by atoms with Crippen LogP contribution in [0.2, 0.25) is 0 Å². The lowest BCUT2D eigenvalue weighted by Gasteiger charge is -2.13. The van der Waals surface area contributed by atoms with Gasteiger partial charge in [0.15, 0.2) is 5.84 Å². The van der Waals surface area contributed by atoms with E-state index in [4.69, 9.17) is 10.9 Å². The van der Waals surface area contributed by atoms with Crippen molar-refractivity contribution in [1.29, 1.82) is 0 Å². The number of amidine groups is 1. The zero-order valence-electron chi connectivity index (χ0n) is 12.2. The van der Waals surface area contributed by atoms with Gasteiger partial charge < -0.3 is 16.3 Å². The smallest absolute Gasteiger partial charge is 0.170 e. The predicted molar refractivity (Wildman–Crippen MR) is 85.5 cm³/mol. The van der Waals surface area contributed by atoms with Gasteiger partial charge >= 0.3 is 0 Å². The van der Waals surface area contributed by atoms with Crippen molar-refractivity contribution in [3.05, 3.63) is 71.3 Å². The third kappa shape index (κ3) is 4.33. The number of rotatable bonds is 6. The average molecular weight is 283 g/mol. The number of hydrogen-bond donors (Lipinski definition) is 3. The van der Waals surface area contributed by atoms with Crippen LogP contribution in [0.1, 0.15) is 29.5 Å². The van der Waals surface area contributed by atoms with E-state index in [1.165, 1.54) is 5.56 Å². The number of oxime groups is 1. The van der Waals surface area contributed by atoms with Crippen molar-refractivity contribution < 1.29 is 5.21 Å². The molecule has 0 spiro atoms. The lowest BCUT2D eigenvalue weighted by Crippen LogP contribution is -2.20. The summed E-state index contributed by atoms with van der Waals surface area (Å²) in [5.74, 6) is 0.591. The van der Waals surface area contributed by atoms with Gasteiger partial charge in [-0.25, -0.2) is 0 Å². The summed E-state index contributed by atoms with van der Waals surface area (Å²) in [4.78, 5) is 0. The van der Waals surface area contributed by atoms with Crippen molar-refractivity contribution in [2.75, 3.05) is 6.54 Å². The van der Waals surface area contributed by atoms with E-state index in [2.05, 4.69) is 41.7 Å². The monoisotopic (exact) mass is 283 g/mol. The molecule has 0 fully saturated rings. The Kier molecular flexibility index (Phi) is 5.35. The Balaban J connectivity index is 1.89. The molecule has 0 aromatic heterocycles. The summed E-state index contributed by atoms with van der Waals surface area (Å²) in [5, 5.41) is 15.2. The van der Waals surface area contributed by atoms with Crippen LogP contribution in [0.4, 0.5) is 0 Å². The maximum Gasteiger partial charge on any atom is 0.170 e. The highest BCUT2D eigenvalue weighted by Gasteiger charge is 2.05. The highest BCUT2D eigenvalue weighted by atomic mass is 16.4. The van der Waals surface area contributed by atoms with Crippen LogP contribution in [-0.4, -0.2) is 17.6 Å². The van der Waals surface area contributed by atoms with Gasteiger partial charge in [0.25, 0.3) is 0 Å². The van der Waals surface area contributed by atoms with E-state index in [-0.39, 0.29) is 5.84 Å². The summed E-state index contributed by atoms with van der Waals surface area (Å²) in [7, 11) is 0. The van der Waals surface area contributed by atoms with Crippen molar-refractivity contribution in [1.82, 2.24) is 5.32 Å². The van der Waals surface area contributed by atoms with Crippen LogP contribution in [0, 0.1) is 0 Å². The molecule has 0 saturated carbocycles. The van der Waals surface area contributed by atoms with Crippen LogP contribution in [0.3, 0.4) is 0 Å². The maximum atomic E-state index is 8.70. The van der Waals surface area contributed by atoms with Gasteiger partial charge in [-0.3, -0.25) is 0 Å². The summed E-state index contributed by atoms with van der Waals surface area (Å²) >= 11 is 0. The van der Waals surface area contributed by atoms with Crippen LogP contribution < -0.4 is 11.1 Å². The molecule has 0 radical (unpaired) electrons. The molecule has 0 aliphatic carbocycles. The van der Waals surface area contributed by atoms with Crippen molar-refractivity contribution in [3.8, 4) is 0 Å². The fourth-order valence-electron chi connectivity index (χ4n) is 2.23. The van der Waals surface area contributed by atoms with Gasteiger partial charge in [-0.05, 0) is 23.1 Å². The van der Waals surface area contributed by atoms with Crippen LogP contribution in [0.25, 0.3) is 0 Å². The maximum absolute atomic E-state index is 8.70. The van der Waals surface area contributed by atoms with Crippen LogP contribution in [0.5, 0.6) is 0 Å². The molecular formula is C17H21N3O. The first-order valence-electron chi connectivity index (χ1n) is 7.03. The van der Waals surface area contributed by atoms with E-state index in [0.29, 0.717) is 5.92 Å². The molecule has 21 heavy (non-hydrogen) atoms. The van der Waals surface area contributed by atoms with Gasteiger partial charge in [-0.15, -0.1) is 0 Å². The van der Waals surface area contributed by atoms with Crippen molar-refractivity contribution in [2.45, 2.75) is 19.4 Å². The van der Waals surface area contributed by atoms with Crippen LogP contribution >= 0.6 is 0 Å². The number of nitrogens with zero attached hydrogens (tertiary/aromatic N) is 1. The van der Waals surface area contributed by atoms with Gasteiger partial charge in [0.05, 0.1) is 0 Å². The fourth-order valence-corrected chi connectivity index (χ4v) is 2.23. The number of hydrogen-bond acceptors (Lipinski definition) is 3. The standard InChI is InChI=1S/C17H21N3O/c1-13(15-7-3-2-4-8-15)11-19-12-14-6-5-9-16(10-14)17(18)20-21/h2-10,13,19,21H,11-12H2,1H3,(H2,18,20). The average Bonchev–Trinajstić information content (AvgIpc) is 2.55. The number of benzene rings is 2. The first-order valence-corrected chi connectivity index (χ1v) is 7.03. The number of nitrogens with one attached hydrogen (secondary N) is 1. The largest absolute Gasteiger partial charge is 0.409 e. The summed E-state index contributed by atoms with van der Waals surface area (Å²) in [5.41, 5.74) is 8.76. The zero-order chi connectivity index (χ0) is 15.1. The molecule has 0 aliphatic rings. The van der Waals surface area contributed by atoms with Crippen LogP contribution in [-0.2, 0) is 6.54 Å². The van der Waals surface area contributed by atoms with Gasteiger partial charge in [0, 0.05) is 18.7 Å². The second-order valence-electron chi connectivity index (χ2n) is 5.13. The third-order valence-corrected chi connectivity index (χ3v) is 3.48. The predicted octanol–water partition coefficient (Wildman–Crippen LogP) is 2.67. The molecule has 4 heteroatoms. The Morgan fingerprint density at radius 1 is 1.19 bits per heavy atom. The van der Waals surface area contributed by atoms with Gasteiger partial charge in [0.1, 0.15) is 0 Å². The molecule has 0 aliphatic heterocycles. The SMILES string of the molecule is CC(CNCc1cccc(/C(N)=N/O)c1)c1ccccc1. The molecule has 110 valence electrons. The summed E-state index contributed by atoms with van der Waals surface area (Å²) in [6.07, 6.45) is 0. The van der Waals surface area contributed by atoms with E-state index in [1.54, 1.807) is 0 Å². The Bertz CT molecular complexity index is 596. The Morgan fingerprint density at radius 3 is 2.67 bits per heavy atom. The normalized spacial score (nSPS) is 13.1. The minimum Gasteiger partial charge on any atom is -0.409 e. The second kappa shape index (κ2) is 7.45. The number of nitrogens with two attached hydrogens (primary N) is 1. The molecule has 2 aromatic carbocycles. The highest BCUT2D eigenvalue weighted by molar-refractivity contribution is 5.97. The summed E-state index contributed by atoms with van der Waals surface area (Å²) in [6.45, 7) is 3.86. The van der Waals surface area contributed by atoms with Crippen molar-refractivity contribution in [2.24, 2.45) is 10.9 Å². The van der Waals surface area contributed by atoms with Gasteiger partial charge in [-0.1, -0.05) is 60.6 Å². The molecule has 4 nitrogen and oxygen atoms in total. The molecule has 0 heterocycles. The Labute approximate surface area is 125 Å². The zero-order valence-corrected chi connectivity index (χ0v) is 12.2. The molecule has 0 saturated heterocycles. The molecule has 1 unspecified atom stereocenters. The minimum absolute atomic E-state index is 0.134. The summed E-state index contributed by atoms with van der Waals surface area (Å²) in [6, 6.07) is 18.1. The van der Waals surface area contributed by atoms with E-state index >= 15 is 0 Å². The highest BCUT2D eigenvalue weighted by Crippen LogP contribution is 2.13. The van der Waals surface area contributed by atoms with Gasteiger partial charge in [0.2, 0.25) is 0 Å². The van der Waals surface area contributed by atoms with Crippen LogP contribution in [0.15, 0.2) is 59.8 Å². The molecule has 2 rings (SSSR count). The fraction of sp³-hybridized carbons (Fsp3) is 0.235. The van der Waals surface area contributed by atoms with Crippen molar-refractivity contribution >= 4 is 5.84 Å².